The van der Waals surface area contributed by atoms with Gasteiger partial charge in [-0.05, 0) is 66.5 Å². The summed E-state index contributed by atoms with van der Waals surface area (Å²) < 4.78 is 14.2. The fourth-order valence-corrected chi connectivity index (χ4v) is 5.04. The Hall–Kier alpha value is -5.10. The number of fused-ring (bicyclic) bond motifs is 2. The van der Waals surface area contributed by atoms with Crippen molar-refractivity contribution in [2.75, 3.05) is 18.4 Å². The third-order valence-corrected chi connectivity index (χ3v) is 6.82. The van der Waals surface area contributed by atoms with Gasteiger partial charge in [0.15, 0.2) is 5.65 Å². The van der Waals surface area contributed by atoms with Gasteiger partial charge < -0.3 is 19.7 Å². The van der Waals surface area contributed by atoms with E-state index in [0.717, 1.165) is 12.8 Å². The van der Waals surface area contributed by atoms with Crippen LogP contribution in [0.5, 0.6) is 0 Å². The number of rotatable bonds is 3. The number of ether oxygens (including phenoxy) is 2. The van der Waals surface area contributed by atoms with Crippen LogP contribution in [0, 0.1) is 22.7 Å². The maximum absolute atomic E-state index is 13.2. The van der Waals surface area contributed by atoms with Crippen LogP contribution in [-0.4, -0.2) is 66.6 Å². The second-order valence-corrected chi connectivity index (χ2v) is 12.6. The molecule has 1 aliphatic heterocycles. The summed E-state index contributed by atoms with van der Waals surface area (Å²) >= 11 is 0. The Kier molecular flexibility index (Phi) is 7.49. The van der Waals surface area contributed by atoms with Crippen molar-refractivity contribution in [2.24, 2.45) is 0 Å². The molecule has 43 heavy (non-hydrogen) atoms. The molecule has 4 aromatic rings. The third-order valence-electron chi connectivity index (χ3n) is 6.82. The molecule has 0 aliphatic carbocycles. The van der Waals surface area contributed by atoms with E-state index >= 15 is 0 Å². The number of carbonyl (C=O) groups excluding carboxylic acids is 2. The zero-order valence-electron chi connectivity index (χ0n) is 25.1. The van der Waals surface area contributed by atoms with Gasteiger partial charge in [-0.25, -0.2) is 14.6 Å². The number of piperidine rings is 1. The van der Waals surface area contributed by atoms with E-state index in [1.807, 2.05) is 20.8 Å². The summed E-state index contributed by atoms with van der Waals surface area (Å²) in [7, 11) is 0. The number of hydrogen-bond donors (Lipinski definition) is 1. The Balaban J connectivity index is 1.58. The van der Waals surface area contributed by atoms with Crippen LogP contribution < -0.4 is 5.32 Å². The van der Waals surface area contributed by atoms with Crippen molar-refractivity contribution in [3.63, 3.8) is 0 Å². The third kappa shape index (κ3) is 6.24. The Morgan fingerprint density at radius 1 is 1.02 bits per heavy atom. The van der Waals surface area contributed by atoms with Gasteiger partial charge in [-0.1, -0.05) is 6.07 Å². The van der Waals surface area contributed by atoms with Gasteiger partial charge in [0.05, 0.1) is 29.0 Å². The first kappa shape index (κ1) is 29.4. The van der Waals surface area contributed by atoms with Crippen molar-refractivity contribution in [2.45, 2.75) is 71.6 Å². The van der Waals surface area contributed by atoms with Crippen molar-refractivity contribution < 1.29 is 19.1 Å². The maximum atomic E-state index is 13.2. The van der Waals surface area contributed by atoms with Crippen molar-refractivity contribution >= 4 is 34.6 Å². The predicted octanol–water partition coefficient (Wildman–Crippen LogP) is 5.69. The minimum atomic E-state index is -0.735. The molecule has 12 heteroatoms. The lowest BCUT2D eigenvalue weighted by Crippen LogP contribution is -2.47. The number of nitrogens with zero attached hydrogens (tertiary/aromatic N) is 7. The summed E-state index contributed by atoms with van der Waals surface area (Å²) in [6, 6.07) is 11.0. The van der Waals surface area contributed by atoms with Gasteiger partial charge >= 0.3 is 12.2 Å². The fraction of sp³-hybridized carbons (Fsp3) is 0.419. The van der Waals surface area contributed by atoms with Gasteiger partial charge in [-0.2, -0.15) is 20.1 Å². The van der Waals surface area contributed by atoms with Crippen LogP contribution in [0.2, 0.25) is 0 Å². The SMILES string of the molecule is CC(C)(C)OC(=O)N1CCC[C@H](Nc2cc(-c3cn(C(=O)OC(C)(C)C)c4cc(C#N)ccc34)nc3c(C#N)cnn23)C1. The average molecular weight is 583 g/mol. The second kappa shape index (κ2) is 11.0. The van der Waals surface area contributed by atoms with Crippen LogP contribution in [0.15, 0.2) is 36.7 Å². The molecule has 4 heterocycles. The Morgan fingerprint density at radius 2 is 1.74 bits per heavy atom. The summed E-state index contributed by atoms with van der Waals surface area (Å²) in [5.41, 5.74) is 1.28. The standard InChI is InChI=1S/C31H34N8O4/c1-30(2,3)42-28(40)37-11-7-8-21(17-37)35-26-13-24(36-27-20(15-33)16-34-39(26)27)23-18-38(29(41)43-31(4,5)6)25-12-19(14-32)9-10-22(23)25/h9-10,12-13,16,18,21,35H,7-8,11,17H2,1-6H3/t21-/m0/s1. The van der Waals surface area contributed by atoms with Gasteiger partial charge in [-0.3, -0.25) is 4.57 Å². The molecule has 1 amide bonds. The first-order valence-corrected chi connectivity index (χ1v) is 14.1. The molecule has 0 spiro atoms. The summed E-state index contributed by atoms with van der Waals surface area (Å²) in [5.74, 6) is 0.573. The molecular formula is C31H34N8O4. The van der Waals surface area contributed by atoms with Crippen LogP contribution in [0.1, 0.15) is 65.5 Å². The van der Waals surface area contributed by atoms with Gasteiger partial charge in [0, 0.05) is 42.3 Å². The zero-order chi connectivity index (χ0) is 31.1. The number of hydrogen-bond acceptors (Lipinski definition) is 9. The highest BCUT2D eigenvalue weighted by Crippen LogP contribution is 2.33. The number of amides is 1. The molecule has 1 aliphatic rings. The monoisotopic (exact) mass is 582 g/mol. The number of likely N-dealkylation sites (tertiary alicyclic amines) is 1. The van der Waals surface area contributed by atoms with Crippen molar-refractivity contribution in [1.82, 2.24) is 24.1 Å². The molecule has 1 saturated heterocycles. The number of benzene rings is 1. The minimum Gasteiger partial charge on any atom is -0.444 e. The Bertz CT molecular complexity index is 1810. The molecule has 3 aromatic heterocycles. The number of nitriles is 2. The maximum Gasteiger partial charge on any atom is 0.419 e. The topological polar surface area (TPSA) is 151 Å². The van der Waals surface area contributed by atoms with E-state index in [1.165, 1.54) is 10.8 Å². The van der Waals surface area contributed by atoms with Crippen LogP contribution in [0.25, 0.3) is 27.8 Å². The van der Waals surface area contributed by atoms with Crippen LogP contribution >= 0.6 is 0 Å². The Morgan fingerprint density at radius 3 is 2.42 bits per heavy atom. The molecule has 5 rings (SSSR count). The quantitative estimate of drug-likeness (QED) is 0.321. The van der Waals surface area contributed by atoms with Crippen LogP contribution in [0.3, 0.4) is 0 Å². The molecule has 1 aromatic carbocycles. The molecule has 0 bridgehead atoms. The van der Waals surface area contributed by atoms with E-state index in [2.05, 4.69) is 22.6 Å². The van der Waals surface area contributed by atoms with Gasteiger partial charge in [-0.15, -0.1) is 0 Å². The normalized spacial score (nSPS) is 15.6. The summed E-state index contributed by atoms with van der Waals surface area (Å²) in [4.78, 5) is 32.5. The highest BCUT2D eigenvalue weighted by atomic mass is 16.6. The van der Waals surface area contributed by atoms with E-state index in [0.29, 0.717) is 52.3 Å². The number of aromatic nitrogens is 4. The lowest BCUT2D eigenvalue weighted by molar-refractivity contribution is 0.0206. The molecule has 0 unspecified atom stereocenters. The summed E-state index contributed by atoms with van der Waals surface area (Å²) in [6.07, 6.45) is 3.72. The summed E-state index contributed by atoms with van der Waals surface area (Å²) in [5, 5.41) is 27.9. The summed E-state index contributed by atoms with van der Waals surface area (Å²) in [6.45, 7) is 11.9. The first-order chi connectivity index (χ1) is 20.3. The molecule has 0 saturated carbocycles. The largest absolute Gasteiger partial charge is 0.444 e. The highest BCUT2D eigenvalue weighted by molar-refractivity contribution is 6.01. The molecule has 12 nitrogen and oxygen atoms in total. The second-order valence-electron chi connectivity index (χ2n) is 12.6. The predicted molar refractivity (Wildman–Crippen MR) is 159 cm³/mol. The molecule has 1 atom stereocenters. The van der Waals surface area contributed by atoms with Gasteiger partial charge in [0.2, 0.25) is 0 Å². The molecule has 1 N–H and O–H groups in total. The average Bonchev–Trinajstić information content (AvgIpc) is 3.52. The highest BCUT2D eigenvalue weighted by Gasteiger charge is 2.29. The van der Waals surface area contributed by atoms with E-state index in [9.17, 15) is 20.1 Å². The van der Waals surface area contributed by atoms with E-state index < -0.39 is 17.3 Å². The lowest BCUT2D eigenvalue weighted by atomic mass is 10.1. The number of nitrogens with one attached hydrogen (secondary N) is 1. The molecule has 1 fully saturated rings. The minimum absolute atomic E-state index is 0.115. The molecule has 222 valence electrons. The van der Waals surface area contributed by atoms with Crippen molar-refractivity contribution in [1.29, 1.82) is 10.5 Å². The van der Waals surface area contributed by atoms with E-state index in [1.54, 1.807) is 60.6 Å². The van der Waals surface area contributed by atoms with Crippen LogP contribution in [0.4, 0.5) is 15.4 Å². The fourth-order valence-electron chi connectivity index (χ4n) is 5.04. The van der Waals surface area contributed by atoms with Crippen molar-refractivity contribution in [3.05, 3.63) is 47.8 Å². The van der Waals surface area contributed by atoms with Crippen molar-refractivity contribution in [3.8, 4) is 23.4 Å². The van der Waals surface area contributed by atoms with Gasteiger partial charge in [0.1, 0.15) is 28.7 Å². The number of carbonyl (C=O) groups is 2. The zero-order valence-corrected chi connectivity index (χ0v) is 25.1. The van der Waals surface area contributed by atoms with Crippen LogP contribution in [-0.2, 0) is 9.47 Å². The number of anilines is 1. The van der Waals surface area contributed by atoms with E-state index in [4.69, 9.17) is 14.5 Å². The first-order valence-electron chi connectivity index (χ1n) is 14.1. The van der Waals surface area contributed by atoms with E-state index in [-0.39, 0.29) is 17.7 Å². The smallest absolute Gasteiger partial charge is 0.419 e. The van der Waals surface area contributed by atoms with Gasteiger partial charge in [0.25, 0.3) is 0 Å². The Labute approximate surface area is 249 Å². The molecule has 0 radical (unpaired) electrons. The molecular weight excluding hydrogens is 548 g/mol. The lowest BCUT2D eigenvalue weighted by Gasteiger charge is -2.34.